The van der Waals surface area contributed by atoms with Gasteiger partial charge in [0.1, 0.15) is 12.3 Å². The van der Waals surface area contributed by atoms with Crippen LogP contribution in [0.2, 0.25) is 0 Å². The van der Waals surface area contributed by atoms with Crippen molar-refractivity contribution in [2.75, 3.05) is 0 Å². The van der Waals surface area contributed by atoms with Gasteiger partial charge in [0.15, 0.2) is 0 Å². The molecule has 2 amide bonds. The Balaban J connectivity index is 2.30. The molecule has 0 aromatic heterocycles. The van der Waals surface area contributed by atoms with Gasteiger partial charge in [-0.25, -0.2) is 0 Å². The van der Waals surface area contributed by atoms with E-state index in [0.29, 0.717) is 11.4 Å². The van der Waals surface area contributed by atoms with Crippen molar-refractivity contribution in [1.29, 1.82) is 0 Å². The van der Waals surface area contributed by atoms with Crippen molar-refractivity contribution >= 4 is 17.6 Å². The number of aliphatic imine (C=N–C) groups is 1. The maximum absolute atomic E-state index is 11.2. The molecule has 0 bridgehead atoms. The van der Waals surface area contributed by atoms with E-state index in [1.165, 1.54) is 0 Å². The van der Waals surface area contributed by atoms with E-state index in [1.807, 2.05) is 30.4 Å². The van der Waals surface area contributed by atoms with Crippen molar-refractivity contribution in [3.05, 3.63) is 48.1 Å². The van der Waals surface area contributed by atoms with E-state index < -0.39 is 5.91 Å². The zero-order chi connectivity index (χ0) is 11.4. The molecule has 80 valence electrons. The first-order chi connectivity index (χ1) is 7.75. The van der Waals surface area contributed by atoms with Gasteiger partial charge in [-0.15, -0.1) is 0 Å². The highest BCUT2D eigenvalue weighted by Gasteiger charge is 2.19. The number of hydrogen-bond donors (Lipinski definition) is 1. The molecule has 4 heteroatoms. The summed E-state index contributed by atoms with van der Waals surface area (Å²) in [6, 6.07) is 0. The second-order valence-electron chi connectivity index (χ2n) is 3.33. The minimum absolute atomic E-state index is 0.170. The van der Waals surface area contributed by atoms with Crippen molar-refractivity contribution in [2.24, 2.45) is 4.99 Å². The van der Waals surface area contributed by atoms with Crippen LogP contribution in [0.25, 0.3) is 0 Å². The number of allylic oxidation sites excluding steroid dienone is 6. The normalized spacial score (nSPS) is 29.0. The van der Waals surface area contributed by atoms with Crippen LogP contribution < -0.4 is 5.32 Å². The van der Waals surface area contributed by atoms with Gasteiger partial charge in [0.25, 0.3) is 5.91 Å². The number of rotatable bonds is 1. The van der Waals surface area contributed by atoms with Crippen LogP contribution in [0.15, 0.2) is 53.1 Å². The molecule has 2 aliphatic rings. The van der Waals surface area contributed by atoms with Crippen LogP contribution in [0, 0.1) is 0 Å². The van der Waals surface area contributed by atoms with Crippen molar-refractivity contribution in [3.63, 3.8) is 0 Å². The van der Waals surface area contributed by atoms with Gasteiger partial charge in [-0.05, 0) is 0 Å². The SMILES string of the molecule is O=C1CC(=O)NC(C2=C/C=C\C=C/C=C\2)=N1. The van der Waals surface area contributed by atoms with Crippen LogP contribution >= 0.6 is 0 Å². The summed E-state index contributed by atoms with van der Waals surface area (Å²) in [4.78, 5) is 26.1. The van der Waals surface area contributed by atoms with Gasteiger partial charge in [0.2, 0.25) is 5.91 Å². The van der Waals surface area contributed by atoms with Crippen LogP contribution in [0.1, 0.15) is 6.42 Å². The molecule has 1 heterocycles. The molecule has 0 unspecified atom stereocenters. The van der Waals surface area contributed by atoms with Crippen molar-refractivity contribution < 1.29 is 9.59 Å². The molecule has 1 aliphatic heterocycles. The standard InChI is InChI=1S/C12H10N2O2/c15-10-8-11(16)14-12(13-10)9-6-4-2-1-3-5-7-9/h1-7H,8H2,(H,13,14,15,16)/b2-1-,3-1?,4-2?,5-3-,6-4-,7-5?,9-6?,9-7+. The van der Waals surface area contributed by atoms with E-state index >= 15 is 0 Å². The summed E-state index contributed by atoms with van der Waals surface area (Å²) in [7, 11) is 0. The molecular formula is C12H10N2O2. The fraction of sp³-hybridized carbons (Fsp3) is 0.0833. The Hall–Kier alpha value is -2.23. The Morgan fingerprint density at radius 1 is 1.06 bits per heavy atom. The number of nitrogens with zero attached hydrogens (tertiary/aromatic N) is 1. The number of nitrogens with one attached hydrogen (secondary N) is 1. The van der Waals surface area contributed by atoms with Gasteiger partial charge < -0.3 is 5.32 Å². The fourth-order valence-corrected chi connectivity index (χ4v) is 1.37. The topological polar surface area (TPSA) is 58.5 Å². The summed E-state index contributed by atoms with van der Waals surface area (Å²) in [6.45, 7) is 0. The van der Waals surface area contributed by atoms with E-state index in [0.717, 1.165) is 0 Å². The maximum Gasteiger partial charge on any atom is 0.257 e. The van der Waals surface area contributed by atoms with Crippen LogP contribution in [0.3, 0.4) is 0 Å². The lowest BCUT2D eigenvalue weighted by atomic mass is 10.1. The number of carbonyl (C=O) groups is 2. The van der Waals surface area contributed by atoms with Gasteiger partial charge in [0.05, 0.1) is 0 Å². The molecule has 0 fully saturated rings. The summed E-state index contributed by atoms with van der Waals surface area (Å²) in [5.41, 5.74) is 0.710. The van der Waals surface area contributed by atoms with E-state index in [9.17, 15) is 9.59 Å². The summed E-state index contributed by atoms with van der Waals surface area (Å²) in [5, 5.41) is 2.58. The highest BCUT2D eigenvalue weighted by molar-refractivity contribution is 6.20. The lowest BCUT2D eigenvalue weighted by Crippen LogP contribution is -2.37. The molecule has 0 aromatic carbocycles. The van der Waals surface area contributed by atoms with Crippen molar-refractivity contribution in [1.82, 2.24) is 5.32 Å². The number of carbonyl (C=O) groups excluding carboxylic acids is 2. The molecule has 1 aliphatic carbocycles. The summed E-state index contributed by atoms with van der Waals surface area (Å²) < 4.78 is 0. The monoisotopic (exact) mass is 214 g/mol. The largest absolute Gasteiger partial charge is 0.310 e. The third kappa shape index (κ3) is 2.42. The Morgan fingerprint density at radius 2 is 1.81 bits per heavy atom. The molecule has 0 spiro atoms. The van der Waals surface area contributed by atoms with E-state index in [4.69, 9.17) is 0 Å². The summed E-state index contributed by atoms with van der Waals surface area (Å²) in [6.07, 6.45) is 12.7. The van der Waals surface area contributed by atoms with Gasteiger partial charge in [-0.2, -0.15) is 4.99 Å². The molecule has 16 heavy (non-hydrogen) atoms. The second kappa shape index (κ2) is 4.53. The van der Waals surface area contributed by atoms with Gasteiger partial charge in [-0.1, -0.05) is 42.5 Å². The van der Waals surface area contributed by atoms with E-state index in [-0.39, 0.29) is 12.3 Å². The van der Waals surface area contributed by atoms with Gasteiger partial charge in [-0.3, -0.25) is 9.59 Å². The lowest BCUT2D eigenvalue weighted by molar-refractivity contribution is -0.127. The van der Waals surface area contributed by atoms with E-state index in [1.54, 1.807) is 12.2 Å². The average molecular weight is 214 g/mol. The van der Waals surface area contributed by atoms with Crippen molar-refractivity contribution in [2.45, 2.75) is 6.42 Å². The van der Waals surface area contributed by atoms with Crippen LogP contribution in [-0.2, 0) is 9.59 Å². The van der Waals surface area contributed by atoms with Gasteiger partial charge >= 0.3 is 0 Å². The molecule has 0 saturated carbocycles. The van der Waals surface area contributed by atoms with Crippen LogP contribution in [-0.4, -0.2) is 17.6 Å². The first kappa shape index (κ1) is 10.3. The predicted octanol–water partition coefficient (Wildman–Crippen LogP) is 1.04. The molecule has 0 saturated heterocycles. The number of amides is 2. The molecule has 1 N–H and O–H groups in total. The van der Waals surface area contributed by atoms with Crippen LogP contribution in [0.5, 0.6) is 0 Å². The fourth-order valence-electron chi connectivity index (χ4n) is 1.37. The average Bonchev–Trinajstić information content (AvgIpc) is 2.14. The zero-order valence-electron chi connectivity index (χ0n) is 8.51. The molecule has 4 nitrogen and oxygen atoms in total. The molecule has 0 atom stereocenters. The van der Waals surface area contributed by atoms with Crippen molar-refractivity contribution in [3.8, 4) is 0 Å². The summed E-state index contributed by atoms with van der Waals surface area (Å²) >= 11 is 0. The first-order valence-corrected chi connectivity index (χ1v) is 4.89. The second-order valence-corrected chi connectivity index (χ2v) is 3.33. The lowest BCUT2D eigenvalue weighted by Gasteiger charge is -2.12. The third-order valence-corrected chi connectivity index (χ3v) is 2.08. The highest BCUT2D eigenvalue weighted by Crippen LogP contribution is 2.07. The summed E-state index contributed by atoms with van der Waals surface area (Å²) in [5.74, 6) is -0.405. The zero-order valence-corrected chi connectivity index (χ0v) is 8.51. The number of amidine groups is 1. The first-order valence-electron chi connectivity index (χ1n) is 4.89. The molecule has 0 aromatic rings. The Morgan fingerprint density at radius 3 is 2.62 bits per heavy atom. The molecular weight excluding hydrogens is 204 g/mol. The number of hydrogen-bond acceptors (Lipinski definition) is 2. The van der Waals surface area contributed by atoms with E-state index in [2.05, 4.69) is 10.3 Å². The maximum atomic E-state index is 11.2. The minimum Gasteiger partial charge on any atom is -0.310 e. The Kier molecular flexibility index (Phi) is 2.91. The third-order valence-electron chi connectivity index (χ3n) is 2.08. The van der Waals surface area contributed by atoms with Crippen LogP contribution in [0.4, 0.5) is 0 Å². The minimum atomic E-state index is -0.408. The molecule has 0 radical (unpaired) electrons. The quantitative estimate of drug-likeness (QED) is 0.663. The molecule has 2 rings (SSSR count). The Labute approximate surface area is 92.8 Å². The highest BCUT2D eigenvalue weighted by atomic mass is 16.2. The smallest absolute Gasteiger partial charge is 0.257 e. The Bertz CT molecular complexity index is 479. The van der Waals surface area contributed by atoms with Gasteiger partial charge in [0, 0.05) is 5.57 Å². The predicted molar refractivity (Wildman–Crippen MR) is 60.7 cm³/mol.